The number of halogens is 4. The average Bonchev–Trinajstić information content (AvgIpc) is 2.77. The monoisotopic (exact) mass is 335 g/mol. The summed E-state index contributed by atoms with van der Waals surface area (Å²) >= 11 is 2.87. The fourth-order valence-corrected chi connectivity index (χ4v) is 1.95. The van der Waals surface area contributed by atoms with Crippen LogP contribution in [0.5, 0.6) is 0 Å². The molecular formula is C11H9BrF3N3O. The molecule has 0 spiro atoms. The van der Waals surface area contributed by atoms with E-state index in [1.54, 1.807) is 0 Å². The van der Waals surface area contributed by atoms with Crippen LogP contribution < -0.4 is 5.73 Å². The number of nitrogens with zero attached hydrogens (tertiary/aromatic N) is 2. The zero-order valence-corrected chi connectivity index (χ0v) is 11.1. The molecule has 0 saturated carbocycles. The lowest BCUT2D eigenvalue weighted by Crippen LogP contribution is -2.06. The molecule has 2 aromatic rings. The number of aromatic nitrogens is 2. The molecule has 2 N–H and O–H groups in total. The van der Waals surface area contributed by atoms with Crippen LogP contribution in [-0.2, 0) is 12.6 Å². The van der Waals surface area contributed by atoms with Crippen LogP contribution in [0.25, 0.3) is 11.5 Å². The Balaban J connectivity index is 2.39. The summed E-state index contributed by atoms with van der Waals surface area (Å²) in [4.78, 5) is 3.98. The van der Waals surface area contributed by atoms with E-state index in [1.807, 2.05) is 0 Å². The second kappa shape index (κ2) is 5.30. The number of nitrogens with two attached hydrogens (primary N) is 1. The minimum Gasteiger partial charge on any atom is -0.334 e. The van der Waals surface area contributed by atoms with Crippen LogP contribution in [0.3, 0.4) is 0 Å². The molecule has 0 fully saturated rings. The number of hydrogen-bond donors (Lipinski definition) is 1. The summed E-state index contributed by atoms with van der Waals surface area (Å²) in [6.45, 7) is 0.340. The lowest BCUT2D eigenvalue weighted by molar-refractivity contribution is -0.138. The van der Waals surface area contributed by atoms with Crippen molar-refractivity contribution < 1.29 is 17.7 Å². The van der Waals surface area contributed by atoms with Crippen LogP contribution in [0.2, 0.25) is 0 Å². The van der Waals surface area contributed by atoms with Crippen LogP contribution in [0.15, 0.2) is 27.2 Å². The maximum absolute atomic E-state index is 12.8. The van der Waals surface area contributed by atoms with Gasteiger partial charge in [0.05, 0.1) is 5.56 Å². The summed E-state index contributed by atoms with van der Waals surface area (Å²) in [5.41, 5.74) is 4.76. The zero-order valence-electron chi connectivity index (χ0n) is 9.54. The van der Waals surface area contributed by atoms with Crippen LogP contribution in [-0.4, -0.2) is 16.7 Å². The second-order valence-electron chi connectivity index (χ2n) is 3.75. The predicted octanol–water partition coefficient (Wildman–Crippen LogP) is 3.02. The van der Waals surface area contributed by atoms with Crippen LogP contribution >= 0.6 is 15.9 Å². The first-order chi connectivity index (χ1) is 8.91. The van der Waals surface area contributed by atoms with Gasteiger partial charge >= 0.3 is 6.18 Å². The van der Waals surface area contributed by atoms with E-state index in [1.165, 1.54) is 12.1 Å². The summed E-state index contributed by atoms with van der Waals surface area (Å²) in [7, 11) is 0. The fraction of sp³-hybridized carbons (Fsp3) is 0.273. The summed E-state index contributed by atoms with van der Waals surface area (Å²) in [6.07, 6.45) is -4.04. The van der Waals surface area contributed by atoms with Crippen molar-refractivity contribution in [1.29, 1.82) is 0 Å². The average molecular weight is 336 g/mol. The van der Waals surface area contributed by atoms with Gasteiger partial charge in [-0.2, -0.15) is 18.2 Å². The Bertz CT molecular complexity index is 583. The van der Waals surface area contributed by atoms with E-state index in [2.05, 4.69) is 26.1 Å². The van der Waals surface area contributed by atoms with Gasteiger partial charge in [-0.3, -0.25) is 0 Å². The highest BCUT2D eigenvalue weighted by atomic mass is 79.9. The number of alkyl halides is 3. The molecule has 8 heteroatoms. The smallest absolute Gasteiger partial charge is 0.334 e. The summed E-state index contributed by atoms with van der Waals surface area (Å²) in [5.74, 6) is 0.412. The Kier molecular flexibility index (Phi) is 3.91. The van der Waals surface area contributed by atoms with E-state index < -0.39 is 11.7 Å². The minimum atomic E-state index is -4.45. The Hall–Kier alpha value is -1.41. The van der Waals surface area contributed by atoms with Crippen molar-refractivity contribution in [3.8, 4) is 11.5 Å². The van der Waals surface area contributed by atoms with E-state index in [9.17, 15) is 13.2 Å². The molecule has 0 amide bonds. The molecule has 102 valence electrons. The van der Waals surface area contributed by atoms with Crippen molar-refractivity contribution in [2.24, 2.45) is 5.73 Å². The van der Waals surface area contributed by atoms with E-state index in [-0.39, 0.29) is 15.9 Å². The van der Waals surface area contributed by atoms with E-state index in [4.69, 9.17) is 10.3 Å². The normalized spacial score (nSPS) is 11.8. The lowest BCUT2D eigenvalue weighted by Gasteiger charge is -2.09. The Labute approximate surface area is 114 Å². The standard InChI is InChI=1S/C11H9BrF3N3O/c12-8-2-1-6(5-7(8)11(13,14)15)10-17-9(3-4-16)18-19-10/h1-2,5H,3-4,16H2. The largest absolute Gasteiger partial charge is 0.417 e. The van der Waals surface area contributed by atoms with Gasteiger partial charge in [-0.15, -0.1) is 0 Å². The predicted molar refractivity (Wildman–Crippen MR) is 65.2 cm³/mol. The Morgan fingerprint density at radius 3 is 2.68 bits per heavy atom. The van der Waals surface area contributed by atoms with Crippen molar-refractivity contribution in [3.05, 3.63) is 34.1 Å². The van der Waals surface area contributed by atoms with Gasteiger partial charge in [0, 0.05) is 16.5 Å². The van der Waals surface area contributed by atoms with E-state index in [0.29, 0.717) is 18.8 Å². The van der Waals surface area contributed by atoms with Crippen LogP contribution in [0, 0.1) is 0 Å². The fourth-order valence-electron chi connectivity index (χ4n) is 1.48. The van der Waals surface area contributed by atoms with Crippen molar-refractivity contribution in [3.63, 3.8) is 0 Å². The Morgan fingerprint density at radius 2 is 2.05 bits per heavy atom. The molecule has 0 unspecified atom stereocenters. The Morgan fingerprint density at radius 1 is 1.32 bits per heavy atom. The van der Waals surface area contributed by atoms with Gasteiger partial charge in [-0.05, 0) is 24.7 Å². The first kappa shape index (κ1) is 14.0. The van der Waals surface area contributed by atoms with Crippen molar-refractivity contribution in [2.45, 2.75) is 12.6 Å². The molecule has 1 heterocycles. The maximum Gasteiger partial charge on any atom is 0.417 e. The molecule has 0 bridgehead atoms. The molecule has 2 rings (SSSR count). The van der Waals surface area contributed by atoms with E-state index >= 15 is 0 Å². The first-order valence-corrected chi connectivity index (χ1v) is 6.11. The summed E-state index contributed by atoms with van der Waals surface area (Å²) in [6, 6.07) is 3.73. The van der Waals surface area contributed by atoms with Gasteiger partial charge in [0.15, 0.2) is 5.82 Å². The molecule has 0 aliphatic carbocycles. The zero-order chi connectivity index (χ0) is 14.0. The molecule has 4 nitrogen and oxygen atoms in total. The molecule has 0 aliphatic heterocycles. The van der Waals surface area contributed by atoms with Gasteiger partial charge in [0.25, 0.3) is 5.89 Å². The van der Waals surface area contributed by atoms with Crippen molar-refractivity contribution in [1.82, 2.24) is 10.1 Å². The quantitative estimate of drug-likeness (QED) is 0.936. The molecule has 1 aromatic heterocycles. The van der Waals surface area contributed by atoms with Crippen LogP contribution in [0.4, 0.5) is 13.2 Å². The number of hydrogen-bond acceptors (Lipinski definition) is 4. The highest BCUT2D eigenvalue weighted by Gasteiger charge is 2.33. The first-order valence-electron chi connectivity index (χ1n) is 5.31. The van der Waals surface area contributed by atoms with Crippen molar-refractivity contribution in [2.75, 3.05) is 6.54 Å². The highest BCUT2D eigenvalue weighted by molar-refractivity contribution is 9.10. The molecule has 0 aliphatic rings. The van der Waals surface area contributed by atoms with E-state index in [0.717, 1.165) is 6.07 Å². The van der Waals surface area contributed by atoms with Gasteiger partial charge in [0.1, 0.15) is 0 Å². The molecule has 0 atom stereocenters. The molecule has 0 saturated heterocycles. The van der Waals surface area contributed by atoms with Gasteiger partial charge < -0.3 is 10.3 Å². The topological polar surface area (TPSA) is 64.9 Å². The second-order valence-corrected chi connectivity index (χ2v) is 4.60. The third-order valence-electron chi connectivity index (χ3n) is 2.35. The lowest BCUT2D eigenvalue weighted by atomic mass is 10.1. The summed E-state index contributed by atoms with van der Waals surface area (Å²) < 4.78 is 43.1. The maximum atomic E-state index is 12.8. The van der Waals surface area contributed by atoms with Crippen molar-refractivity contribution >= 4 is 15.9 Å². The molecule has 1 aromatic carbocycles. The van der Waals surface area contributed by atoms with Gasteiger partial charge in [0.2, 0.25) is 0 Å². The minimum absolute atomic E-state index is 0.0366. The van der Waals surface area contributed by atoms with Gasteiger partial charge in [-0.25, -0.2) is 0 Å². The summed E-state index contributed by atoms with van der Waals surface area (Å²) in [5, 5.41) is 3.64. The molecule has 19 heavy (non-hydrogen) atoms. The molecular weight excluding hydrogens is 327 g/mol. The third-order valence-corrected chi connectivity index (χ3v) is 3.05. The third kappa shape index (κ3) is 3.13. The number of benzene rings is 1. The van der Waals surface area contributed by atoms with Gasteiger partial charge in [-0.1, -0.05) is 21.1 Å². The highest BCUT2D eigenvalue weighted by Crippen LogP contribution is 2.37. The molecule has 0 radical (unpaired) electrons. The number of rotatable bonds is 3. The van der Waals surface area contributed by atoms with Crippen LogP contribution in [0.1, 0.15) is 11.4 Å². The SMILES string of the molecule is NCCc1noc(-c2ccc(Br)c(C(F)(F)F)c2)n1.